The summed E-state index contributed by atoms with van der Waals surface area (Å²) in [6.07, 6.45) is 5.21. The summed E-state index contributed by atoms with van der Waals surface area (Å²) in [5.41, 5.74) is 0. The van der Waals surface area contributed by atoms with Gasteiger partial charge < -0.3 is 19.5 Å². The van der Waals surface area contributed by atoms with Gasteiger partial charge in [0.2, 0.25) is 0 Å². The Balaban J connectivity index is 3.00. The second-order valence-electron chi connectivity index (χ2n) is 4.57. The third-order valence-electron chi connectivity index (χ3n) is 2.65. The van der Waals surface area contributed by atoms with Gasteiger partial charge in [-0.05, 0) is 19.8 Å². The first-order chi connectivity index (χ1) is 9.31. The van der Waals surface area contributed by atoms with Crippen molar-refractivity contribution in [2.75, 3.05) is 46.2 Å². The van der Waals surface area contributed by atoms with Crippen molar-refractivity contribution in [2.24, 2.45) is 0 Å². The number of rotatable bonds is 15. The summed E-state index contributed by atoms with van der Waals surface area (Å²) in [6.45, 7) is 13.1. The van der Waals surface area contributed by atoms with E-state index in [2.05, 4.69) is 25.7 Å². The molecule has 0 aliphatic heterocycles. The van der Waals surface area contributed by atoms with Crippen molar-refractivity contribution in [1.29, 1.82) is 0 Å². The smallest absolute Gasteiger partial charge is 0.0701 e. The van der Waals surface area contributed by atoms with E-state index in [-0.39, 0.29) is 0 Å². The van der Waals surface area contributed by atoms with Crippen molar-refractivity contribution in [3.05, 3.63) is 12.7 Å². The molecule has 1 unspecified atom stereocenters. The predicted octanol–water partition coefficient (Wildman–Crippen LogP) is 2.39. The minimum Gasteiger partial charge on any atom is -0.379 e. The lowest BCUT2D eigenvalue weighted by Crippen LogP contribution is -2.29. The van der Waals surface area contributed by atoms with Crippen molar-refractivity contribution in [3.8, 4) is 0 Å². The van der Waals surface area contributed by atoms with Gasteiger partial charge in [0.15, 0.2) is 0 Å². The van der Waals surface area contributed by atoms with E-state index in [9.17, 15) is 0 Å². The minimum atomic E-state index is 0.470. The maximum atomic E-state index is 5.45. The molecule has 0 spiro atoms. The molecule has 0 aromatic heterocycles. The molecule has 0 saturated carbocycles. The zero-order valence-corrected chi connectivity index (χ0v) is 12.7. The third-order valence-corrected chi connectivity index (χ3v) is 2.65. The van der Waals surface area contributed by atoms with E-state index in [1.165, 1.54) is 6.42 Å². The van der Waals surface area contributed by atoms with E-state index in [0.29, 0.717) is 32.5 Å². The molecule has 0 fully saturated rings. The second kappa shape index (κ2) is 15.6. The first kappa shape index (κ1) is 18.6. The van der Waals surface area contributed by atoms with Crippen LogP contribution in [0.2, 0.25) is 0 Å². The van der Waals surface area contributed by atoms with Crippen LogP contribution in [0.4, 0.5) is 0 Å². The van der Waals surface area contributed by atoms with E-state index in [1.807, 2.05) is 6.08 Å². The van der Waals surface area contributed by atoms with Crippen LogP contribution in [0, 0.1) is 0 Å². The number of nitrogens with one attached hydrogen (secondary N) is 1. The molecular formula is C15H31NO3. The largest absolute Gasteiger partial charge is 0.379 e. The Kier molecular flexibility index (Phi) is 15.3. The second-order valence-corrected chi connectivity index (χ2v) is 4.57. The summed E-state index contributed by atoms with van der Waals surface area (Å²) >= 11 is 0. The molecule has 0 aliphatic rings. The molecule has 4 heteroatoms. The van der Waals surface area contributed by atoms with Crippen LogP contribution < -0.4 is 5.32 Å². The van der Waals surface area contributed by atoms with Gasteiger partial charge in [0.05, 0.1) is 33.0 Å². The van der Waals surface area contributed by atoms with Crippen molar-refractivity contribution in [1.82, 2.24) is 5.32 Å². The van der Waals surface area contributed by atoms with E-state index in [4.69, 9.17) is 14.2 Å². The van der Waals surface area contributed by atoms with Gasteiger partial charge in [-0.2, -0.15) is 0 Å². The van der Waals surface area contributed by atoms with Crippen molar-refractivity contribution >= 4 is 0 Å². The van der Waals surface area contributed by atoms with Crippen molar-refractivity contribution in [3.63, 3.8) is 0 Å². The summed E-state index contributed by atoms with van der Waals surface area (Å²) in [6, 6.07) is 0.470. The van der Waals surface area contributed by atoms with Gasteiger partial charge in [-0.25, -0.2) is 0 Å². The summed E-state index contributed by atoms with van der Waals surface area (Å²) in [7, 11) is 0. The third kappa shape index (κ3) is 15.5. The maximum Gasteiger partial charge on any atom is 0.0701 e. The molecule has 0 amide bonds. The summed E-state index contributed by atoms with van der Waals surface area (Å²) < 4.78 is 16.2. The quantitative estimate of drug-likeness (QED) is 0.367. The molecule has 0 aliphatic carbocycles. The molecule has 19 heavy (non-hydrogen) atoms. The molecule has 1 N–H and O–H groups in total. The summed E-state index contributed by atoms with van der Waals surface area (Å²) in [5, 5.41) is 3.36. The molecule has 0 heterocycles. The van der Waals surface area contributed by atoms with Gasteiger partial charge in [-0.3, -0.25) is 0 Å². The average Bonchev–Trinajstić information content (AvgIpc) is 2.40. The molecule has 0 bridgehead atoms. The lowest BCUT2D eigenvalue weighted by atomic mass is 10.2. The SMILES string of the molecule is C=CCC(C)NCCOCCOCCOCCCC. The number of unbranched alkanes of at least 4 members (excludes halogenated alkanes) is 1. The Bertz CT molecular complexity index is 188. The zero-order chi connectivity index (χ0) is 14.2. The highest BCUT2D eigenvalue weighted by atomic mass is 16.5. The van der Waals surface area contributed by atoms with Crippen LogP contribution in [-0.2, 0) is 14.2 Å². The topological polar surface area (TPSA) is 39.7 Å². The number of ether oxygens (including phenoxy) is 3. The van der Waals surface area contributed by atoms with Gasteiger partial charge in [0, 0.05) is 19.2 Å². The lowest BCUT2D eigenvalue weighted by molar-refractivity contribution is 0.0144. The maximum absolute atomic E-state index is 5.45. The van der Waals surface area contributed by atoms with Gasteiger partial charge >= 0.3 is 0 Å². The number of hydrogen-bond acceptors (Lipinski definition) is 4. The minimum absolute atomic E-state index is 0.470. The molecule has 114 valence electrons. The first-order valence-corrected chi connectivity index (χ1v) is 7.38. The van der Waals surface area contributed by atoms with Crippen LogP contribution in [0.15, 0.2) is 12.7 Å². The van der Waals surface area contributed by atoms with E-state index >= 15 is 0 Å². The van der Waals surface area contributed by atoms with Crippen LogP contribution in [0.25, 0.3) is 0 Å². The first-order valence-electron chi connectivity index (χ1n) is 7.38. The van der Waals surface area contributed by atoms with Crippen molar-refractivity contribution in [2.45, 2.75) is 39.2 Å². The fourth-order valence-corrected chi connectivity index (χ4v) is 1.50. The fraction of sp³-hybridized carbons (Fsp3) is 0.867. The Morgan fingerprint density at radius 1 is 1.00 bits per heavy atom. The van der Waals surface area contributed by atoms with Crippen LogP contribution in [0.5, 0.6) is 0 Å². The van der Waals surface area contributed by atoms with Crippen LogP contribution in [-0.4, -0.2) is 52.2 Å². The van der Waals surface area contributed by atoms with E-state index in [1.54, 1.807) is 0 Å². The molecule has 0 radical (unpaired) electrons. The molecule has 1 atom stereocenters. The highest BCUT2D eigenvalue weighted by Crippen LogP contribution is 1.90. The lowest BCUT2D eigenvalue weighted by Gasteiger charge is -2.11. The Morgan fingerprint density at radius 3 is 2.16 bits per heavy atom. The normalized spacial score (nSPS) is 12.5. The fourth-order valence-electron chi connectivity index (χ4n) is 1.50. The van der Waals surface area contributed by atoms with Crippen LogP contribution in [0.1, 0.15) is 33.1 Å². The Hall–Kier alpha value is -0.420. The molecule has 0 aromatic carbocycles. The monoisotopic (exact) mass is 273 g/mol. The molecule has 4 nitrogen and oxygen atoms in total. The zero-order valence-electron chi connectivity index (χ0n) is 12.7. The highest BCUT2D eigenvalue weighted by Gasteiger charge is 1.97. The van der Waals surface area contributed by atoms with Gasteiger partial charge in [0.1, 0.15) is 0 Å². The Morgan fingerprint density at radius 2 is 1.58 bits per heavy atom. The summed E-state index contributed by atoms with van der Waals surface area (Å²) in [4.78, 5) is 0. The molecule has 0 saturated heterocycles. The molecule has 0 aromatic rings. The Labute approximate surface area is 118 Å². The van der Waals surface area contributed by atoms with Gasteiger partial charge in [-0.15, -0.1) is 6.58 Å². The highest BCUT2D eigenvalue weighted by molar-refractivity contribution is 4.74. The summed E-state index contributed by atoms with van der Waals surface area (Å²) in [5.74, 6) is 0. The van der Waals surface area contributed by atoms with Crippen LogP contribution in [0.3, 0.4) is 0 Å². The molecular weight excluding hydrogens is 242 g/mol. The standard InChI is InChI=1S/C15H31NO3/c1-4-6-9-17-11-13-19-14-12-18-10-8-16-15(3)7-5-2/h5,15-16H,2,4,6-14H2,1,3H3. The predicted molar refractivity (Wildman–Crippen MR) is 79.6 cm³/mol. The molecule has 0 rings (SSSR count). The average molecular weight is 273 g/mol. The van der Waals surface area contributed by atoms with Gasteiger partial charge in [-0.1, -0.05) is 19.4 Å². The number of hydrogen-bond donors (Lipinski definition) is 1. The van der Waals surface area contributed by atoms with E-state index < -0.39 is 0 Å². The van der Waals surface area contributed by atoms with Gasteiger partial charge in [0.25, 0.3) is 0 Å². The van der Waals surface area contributed by atoms with Crippen LogP contribution >= 0.6 is 0 Å². The van der Waals surface area contributed by atoms with Crippen molar-refractivity contribution < 1.29 is 14.2 Å². The van der Waals surface area contributed by atoms with E-state index in [0.717, 1.165) is 32.6 Å².